The van der Waals surface area contributed by atoms with E-state index in [1.165, 1.54) is 0 Å². The summed E-state index contributed by atoms with van der Waals surface area (Å²) < 4.78 is 24.8. The fraction of sp³-hybridized carbons (Fsp3) is 0.500. The minimum atomic E-state index is -3.32. The van der Waals surface area contributed by atoms with Crippen LogP contribution in [0.4, 0.5) is 11.4 Å². The number of nitrogens with two attached hydrogens (primary N) is 1. The Kier molecular flexibility index (Phi) is 5.74. The van der Waals surface area contributed by atoms with Crippen LogP contribution in [0.5, 0.6) is 0 Å². The molecular weight excluding hydrogens is 290 g/mol. The molecule has 0 saturated carbocycles. The number of rotatable bonds is 6. The second-order valence-corrected chi connectivity index (χ2v) is 7.38. The summed E-state index contributed by atoms with van der Waals surface area (Å²) in [6.07, 6.45) is 1.70. The molecule has 0 radical (unpaired) electrons. The lowest BCUT2D eigenvalue weighted by molar-refractivity contribution is -0.117. The average molecular weight is 313 g/mol. The SMILES string of the molecule is Cc1cc(NC(=O)[C@H](N)CC(C)C)ccc1NS(C)(=O)=O. The maximum absolute atomic E-state index is 11.9. The summed E-state index contributed by atoms with van der Waals surface area (Å²) in [5, 5.41) is 2.74. The highest BCUT2D eigenvalue weighted by molar-refractivity contribution is 7.92. The van der Waals surface area contributed by atoms with Gasteiger partial charge in [0.25, 0.3) is 0 Å². The molecule has 0 fully saturated rings. The van der Waals surface area contributed by atoms with E-state index in [0.29, 0.717) is 23.7 Å². The first-order valence-electron chi connectivity index (χ1n) is 6.73. The highest BCUT2D eigenvalue weighted by Crippen LogP contribution is 2.20. The predicted octanol–water partition coefficient (Wildman–Crippen LogP) is 1.68. The molecule has 4 N–H and O–H groups in total. The molecule has 0 aliphatic rings. The number of benzene rings is 1. The molecule has 21 heavy (non-hydrogen) atoms. The lowest BCUT2D eigenvalue weighted by atomic mass is 10.0. The van der Waals surface area contributed by atoms with E-state index in [9.17, 15) is 13.2 Å². The number of nitrogens with one attached hydrogen (secondary N) is 2. The number of anilines is 2. The Bertz CT molecular complexity index is 612. The maximum atomic E-state index is 11.9. The molecule has 0 aliphatic carbocycles. The monoisotopic (exact) mass is 313 g/mol. The summed E-state index contributed by atoms with van der Waals surface area (Å²) in [6, 6.07) is 4.40. The molecule has 0 unspecified atom stereocenters. The van der Waals surface area contributed by atoms with Gasteiger partial charge in [-0.3, -0.25) is 9.52 Å². The normalized spacial score (nSPS) is 13.0. The van der Waals surface area contributed by atoms with Gasteiger partial charge in [-0.2, -0.15) is 0 Å². The number of amides is 1. The van der Waals surface area contributed by atoms with Crippen molar-refractivity contribution in [2.75, 3.05) is 16.3 Å². The smallest absolute Gasteiger partial charge is 0.241 e. The summed E-state index contributed by atoms with van der Waals surface area (Å²) in [5.41, 5.74) is 7.61. The van der Waals surface area contributed by atoms with Crippen molar-refractivity contribution in [3.05, 3.63) is 23.8 Å². The zero-order chi connectivity index (χ0) is 16.2. The molecule has 6 nitrogen and oxygen atoms in total. The van der Waals surface area contributed by atoms with Crippen LogP contribution in [0.1, 0.15) is 25.8 Å². The zero-order valence-electron chi connectivity index (χ0n) is 12.8. The van der Waals surface area contributed by atoms with Crippen LogP contribution in [0.2, 0.25) is 0 Å². The lowest BCUT2D eigenvalue weighted by Gasteiger charge is -2.15. The van der Waals surface area contributed by atoms with Gasteiger partial charge in [-0.15, -0.1) is 0 Å². The van der Waals surface area contributed by atoms with Crippen LogP contribution in [-0.2, 0) is 14.8 Å². The number of carbonyl (C=O) groups is 1. The third-order valence-corrected chi connectivity index (χ3v) is 3.44. The Morgan fingerprint density at radius 3 is 2.43 bits per heavy atom. The lowest BCUT2D eigenvalue weighted by Crippen LogP contribution is -2.36. The molecule has 0 aliphatic heterocycles. The second-order valence-electron chi connectivity index (χ2n) is 5.63. The van der Waals surface area contributed by atoms with Crippen molar-refractivity contribution >= 4 is 27.3 Å². The third kappa shape index (κ3) is 6.14. The Morgan fingerprint density at radius 1 is 1.33 bits per heavy atom. The van der Waals surface area contributed by atoms with Gasteiger partial charge in [-0.1, -0.05) is 13.8 Å². The highest BCUT2D eigenvalue weighted by Gasteiger charge is 2.15. The quantitative estimate of drug-likeness (QED) is 0.743. The molecule has 118 valence electrons. The summed E-state index contributed by atoms with van der Waals surface area (Å²) in [7, 11) is -3.32. The van der Waals surface area contributed by atoms with Crippen LogP contribution in [-0.4, -0.2) is 26.6 Å². The number of aryl methyl sites for hydroxylation is 1. The van der Waals surface area contributed by atoms with Crippen molar-refractivity contribution in [2.24, 2.45) is 11.7 Å². The van der Waals surface area contributed by atoms with Gasteiger partial charge in [0.2, 0.25) is 15.9 Å². The van der Waals surface area contributed by atoms with Gasteiger partial charge >= 0.3 is 0 Å². The molecule has 1 rings (SSSR count). The molecule has 0 aromatic heterocycles. The van der Waals surface area contributed by atoms with E-state index >= 15 is 0 Å². The molecule has 1 amide bonds. The summed E-state index contributed by atoms with van der Waals surface area (Å²) in [6.45, 7) is 5.77. The van der Waals surface area contributed by atoms with Gasteiger partial charge in [0.05, 0.1) is 18.0 Å². The van der Waals surface area contributed by atoms with E-state index in [-0.39, 0.29) is 5.91 Å². The maximum Gasteiger partial charge on any atom is 0.241 e. The van der Waals surface area contributed by atoms with Crippen LogP contribution < -0.4 is 15.8 Å². The second kappa shape index (κ2) is 6.91. The molecular formula is C14H23N3O3S. The van der Waals surface area contributed by atoms with E-state index in [0.717, 1.165) is 11.8 Å². The van der Waals surface area contributed by atoms with Crippen LogP contribution in [0.15, 0.2) is 18.2 Å². The standard InChI is InChI=1S/C14H23N3O3S/c1-9(2)7-12(15)14(18)16-11-5-6-13(10(3)8-11)17-21(4,19)20/h5-6,8-9,12,17H,7,15H2,1-4H3,(H,16,18)/t12-/m1/s1. The highest BCUT2D eigenvalue weighted by atomic mass is 32.2. The van der Waals surface area contributed by atoms with E-state index in [1.807, 2.05) is 13.8 Å². The summed E-state index contributed by atoms with van der Waals surface area (Å²) in [4.78, 5) is 11.9. The summed E-state index contributed by atoms with van der Waals surface area (Å²) >= 11 is 0. The van der Waals surface area contributed by atoms with Crippen molar-refractivity contribution < 1.29 is 13.2 Å². The molecule has 0 spiro atoms. The average Bonchev–Trinajstić information content (AvgIpc) is 2.30. The van der Waals surface area contributed by atoms with E-state index in [2.05, 4.69) is 10.0 Å². The minimum Gasteiger partial charge on any atom is -0.325 e. The first-order chi connectivity index (χ1) is 9.58. The van der Waals surface area contributed by atoms with Crippen LogP contribution >= 0.6 is 0 Å². The van der Waals surface area contributed by atoms with Crippen molar-refractivity contribution in [3.63, 3.8) is 0 Å². The van der Waals surface area contributed by atoms with Crippen molar-refractivity contribution in [1.82, 2.24) is 0 Å². The summed E-state index contributed by atoms with van der Waals surface area (Å²) in [5.74, 6) is 0.0979. The number of hydrogen-bond donors (Lipinski definition) is 3. The topological polar surface area (TPSA) is 101 Å². The molecule has 1 aromatic rings. The first-order valence-corrected chi connectivity index (χ1v) is 8.62. The minimum absolute atomic E-state index is 0.244. The Hall–Kier alpha value is -1.60. The number of carbonyl (C=O) groups excluding carboxylic acids is 1. The number of hydrogen-bond acceptors (Lipinski definition) is 4. The molecule has 0 heterocycles. The Morgan fingerprint density at radius 2 is 1.95 bits per heavy atom. The molecule has 0 saturated heterocycles. The van der Waals surface area contributed by atoms with Gasteiger partial charge in [-0.05, 0) is 43.0 Å². The van der Waals surface area contributed by atoms with Gasteiger partial charge in [0.15, 0.2) is 0 Å². The molecule has 1 aromatic carbocycles. The Labute approximate surface area is 126 Å². The fourth-order valence-corrected chi connectivity index (χ4v) is 2.53. The van der Waals surface area contributed by atoms with Crippen LogP contribution in [0, 0.1) is 12.8 Å². The predicted molar refractivity (Wildman–Crippen MR) is 85.7 cm³/mol. The number of sulfonamides is 1. The Balaban J connectivity index is 2.78. The van der Waals surface area contributed by atoms with Gasteiger partial charge in [-0.25, -0.2) is 8.42 Å². The molecule has 0 bridgehead atoms. The van der Waals surface area contributed by atoms with Gasteiger partial charge < -0.3 is 11.1 Å². The fourth-order valence-electron chi connectivity index (χ4n) is 1.91. The first kappa shape index (κ1) is 17.5. The van der Waals surface area contributed by atoms with Gasteiger partial charge in [0.1, 0.15) is 0 Å². The van der Waals surface area contributed by atoms with E-state index < -0.39 is 16.1 Å². The van der Waals surface area contributed by atoms with Crippen molar-refractivity contribution in [1.29, 1.82) is 0 Å². The molecule has 1 atom stereocenters. The third-order valence-electron chi connectivity index (χ3n) is 2.85. The van der Waals surface area contributed by atoms with Crippen molar-refractivity contribution in [2.45, 2.75) is 33.2 Å². The van der Waals surface area contributed by atoms with Crippen LogP contribution in [0.3, 0.4) is 0 Å². The van der Waals surface area contributed by atoms with Crippen molar-refractivity contribution in [3.8, 4) is 0 Å². The largest absolute Gasteiger partial charge is 0.325 e. The van der Waals surface area contributed by atoms with Gasteiger partial charge in [0, 0.05) is 5.69 Å². The van der Waals surface area contributed by atoms with E-state index in [1.54, 1.807) is 25.1 Å². The van der Waals surface area contributed by atoms with E-state index in [4.69, 9.17) is 5.73 Å². The van der Waals surface area contributed by atoms with Crippen LogP contribution in [0.25, 0.3) is 0 Å². The zero-order valence-corrected chi connectivity index (χ0v) is 13.6. The molecule has 7 heteroatoms.